The monoisotopic (exact) mass is 510 g/mol. The summed E-state index contributed by atoms with van der Waals surface area (Å²) in [6, 6.07) is 8.16. The second-order valence-corrected chi connectivity index (χ2v) is 9.69. The lowest BCUT2D eigenvalue weighted by Crippen LogP contribution is -2.49. The van der Waals surface area contributed by atoms with Gasteiger partial charge in [0.2, 0.25) is 5.91 Å². The molecule has 0 saturated carbocycles. The second kappa shape index (κ2) is 13.7. The number of amides is 1. The number of para-hydroxylation sites is 1. The average molecular weight is 511 g/mol. The van der Waals surface area contributed by atoms with Crippen LogP contribution in [0.3, 0.4) is 0 Å². The number of unbranched alkanes of at least 4 members (excludes halogenated alkanes) is 1. The van der Waals surface area contributed by atoms with Crippen LogP contribution >= 0.6 is 0 Å². The Balaban J connectivity index is 1.33. The molecule has 0 bridgehead atoms. The molecular weight excluding hydrogens is 468 g/mol. The van der Waals surface area contributed by atoms with Gasteiger partial charge in [-0.15, -0.1) is 0 Å². The van der Waals surface area contributed by atoms with Gasteiger partial charge in [0, 0.05) is 57.7 Å². The van der Waals surface area contributed by atoms with E-state index in [1.54, 1.807) is 0 Å². The molecule has 1 aliphatic heterocycles. The number of aryl methyl sites for hydroxylation is 1. The molecule has 3 heterocycles. The summed E-state index contributed by atoms with van der Waals surface area (Å²) in [4.78, 5) is 26.5. The van der Waals surface area contributed by atoms with Gasteiger partial charge in [-0.1, -0.05) is 38.5 Å². The Hall–Kier alpha value is -2.75. The molecule has 202 valence electrons. The fourth-order valence-corrected chi connectivity index (χ4v) is 4.92. The highest BCUT2D eigenvalue weighted by Crippen LogP contribution is 2.29. The summed E-state index contributed by atoms with van der Waals surface area (Å²) in [6.07, 6.45) is 4.56. The number of anilines is 1. The second-order valence-electron chi connectivity index (χ2n) is 9.69. The quantitative estimate of drug-likeness (QED) is 0.332. The number of nitrogens with two attached hydrogens (primary N) is 1. The van der Waals surface area contributed by atoms with E-state index in [2.05, 4.69) is 34.4 Å². The molecule has 0 unspecified atom stereocenters. The van der Waals surface area contributed by atoms with Gasteiger partial charge in [0.25, 0.3) is 0 Å². The van der Waals surface area contributed by atoms with E-state index < -0.39 is 0 Å². The number of benzene rings is 1. The molecule has 37 heavy (non-hydrogen) atoms. The van der Waals surface area contributed by atoms with Crippen molar-refractivity contribution >= 4 is 33.7 Å². The first kappa shape index (κ1) is 27.3. The van der Waals surface area contributed by atoms with Crippen molar-refractivity contribution in [3.8, 4) is 0 Å². The van der Waals surface area contributed by atoms with Crippen molar-refractivity contribution in [2.75, 3.05) is 64.9 Å². The number of nitrogens with zero attached hydrogens (tertiary/aromatic N) is 5. The van der Waals surface area contributed by atoms with E-state index in [1.807, 2.05) is 23.1 Å². The molecule has 1 aliphatic rings. The van der Waals surface area contributed by atoms with Crippen LogP contribution in [0.1, 0.15) is 45.4 Å². The zero-order chi connectivity index (χ0) is 26.0. The predicted molar refractivity (Wildman–Crippen MR) is 148 cm³/mol. The average Bonchev–Trinajstić information content (AvgIpc) is 3.29. The third kappa shape index (κ3) is 6.97. The summed E-state index contributed by atoms with van der Waals surface area (Å²) in [6.45, 7) is 11.6. The highest BCUT2D eigenvalue weighted by Gasteiger charge is 2.22. The number of rotatable bonds is 14. The van der Waals surface area contributed by atoms with E-state index in [0.717, 1.165) is 99.3 Å². The lowest BCUT2D eigenvalue weighted by atomic mass is 10.2. The van der Waals surface area contributed by atoms with Gasteiger partial charge in [0.15, 0.2) is 5.82 Å². The Labute approximate surface area is 219 Å². The van der Waals surface area contributed by atoms with Crippen LogP contribution in [-0.4, -0.2) is 89.4 Å². The third-order valence-corrected chi connectivity index (χ3v) is 6.99. The Morgan fingerprint density at radius 1 is 0.946 bits per heavy atom. The van der Waals surface area contributed by atoms with Crippen molar-refractivity contribution in [2.45, 2.75) is 52.5 Å². The van der Waals surface area contributed by atoms with Crippen LogP contribution in [0.25, 0.3) is 21.9 Å². The molecule has 1 aromatic carbocycles. The van der Waals surface area contributed by atoms with Crippen molar-refractivity contribution in [3.63, 3.8) is 0 Å². The molecule has 0 spiro atoms. The Morgan fingerprint density at radius 3 is 2.46 bits per heavy atom. The maximum Gasteiger partial charge on any atom is 0.224 e. The van der Waals surface area contributed by atoms with Crippen LogP contribution in [0.5, 0.6) is 0 Å². The van der Waals surface area contributed by atoms with Crippen LogP contribution < -0.4 is 5.73 Å². The molecule has 3 aromatic rings. The van der Waals surface area contributed by atoms with Crippen LogP contribution in [0.2, 0.25) is 0 Å². The zero-order valence-electron chi connectivity index (χ0n) is 22.5. The molecular formula is C28H42N6O3. The minimum Gasteiger partial charge on any atom is -0.382 e. The summed E-state index contributed by atoms with van der Waals surface area (Å²) in [5, 5.41) is 1.09. The highest BCUT2D eigenvalue weighted by atomic mass is 16.5. The van der Waals surface area contributed by atoms with Crippen molar-refractivity contribution in [1.82, 2.24) is 24.3 Å². The van der Waals surface area contributed by atoms with Gasteiger partial charge in [-0.25, -0.2) is 9.97 Å². The number of aromatic nitrogens is 3. The molecule has 1 saturated heterocycles. The Morgan fingerprint density at radius 2 is 1.70 bits per heavy atom. The molecule has 9 nitrogen and oxygen atoms in total. The summed E-state index contributed by atoms with van der Waals surface area (Å²) >= 11 is 0. The number of carbonyl (C=O) groups excluding carboxylic acids is 1. The largest absolute Gasteiger partial charge is 0.382 e. The fourth-order valence-electron chi connectivity index (χ4n) is 4.92. The van der Waals surface area contributed by atoms with Crippen LogP contribution in [-0.2, 0) is 27.2 Å². The van der Waals surface area contributed by atoms with E-state index in [-0.39, 0.29) is 5.91 Å². The van der Waals surface area contributed by atoms with Crippen molar-refractivity contribution < 1.29 is 14.3 Å². The summed E-state index contributed by atoms with van der Waals surface area (Å²) in [7, 11) is 0. The minimum atomic E-state index is 0.172. The minimum absolute atomic E-state index is 0.172. The number of piperazine rings is 1. The molecule has 1 amide bonds. The van der Waals surface area contributed by atoms with Crippen LogP contribution in [0.4, 0.5) is 5.82 Å². The number of nitrogen functional groups attached to an aromatic ring is 1. The highest BCUT2D eigenvalue weighted by molar-refractivity contribution is 6.06. The molecule has 2 aromatic heterocycles. The lowest BCUT2D eigenvalue weighted by molar-refractivity contribution is -0.134. The first-order chi connectivity index (χ1) is 18.1. The molecule has 0 atom stereocenters. The SMILES string of the molecule is CCCCc1nc2c(N)nc3ccccc3c2n1CCN1CCN(C(=O)CCOCCOCCC)CC1. The maximum absolute atomic E-state index is 12.6. The van der Waals surface area contributed by atoms with E-state index in [4.69, 9.17) is 20.2 Å². The number of pyridine rings is 1. The maximum atomic E-state index is 12.6. The van der Waals surface area contributed by atoms with E-state index in [0.29, 0.717) is 32.1 Å². The molecule has 2 N–H and O–H groups in total. The van der Waals surface area contributed by atoms with E-state index >= 15 is 0 Å². The number of fused-ring (bicyclic) bond motifs is 3. The van der Waals surface area contributed by atoms with Gasteiger partial charge in [-0.3, -0.25) is 9.69 Å². The predicted octanol–water partition coefficient (Wildman–Crippen LogP) is 3.49. The van der Waals surface area contributed by atoms with Crippen LogP contribution in [0, 0.1) is 0 Å². The van der Waals surface area contributed by atoms with Gasteiger partial charge < -0.3 is 24.7 Å². The van der Waals surface area contributed by atoms with Gasteiger partial charge in [-0.05, 0) is 18.9 Å². The number of imidazole rings is 1. The van der Waals surface area contributed by atoms with Gasteiger partial charge >= 0.3 is 0 Å². The number of hydrogen-bond acceptors (Lipinski definition) is 7. The Bertz CT molecular complexity index is 1160. The number of carbonyl (C=O) groups is 1. The summed E-state index contributed by atoms with van der Waals surface area (Å²) in [5.41, 5.74) is 9.13. The topological polar surface area (TPSA) is 98.7 Å². The van der Waals surface area contributed by atoms with Crippen molar-refractivity contribution in [3.05, 3.63) is 30.1 Å². The first-order valence-electron chi connectivity index (χ1n) is 13.8. The number of ether oxygens (including phenoxy) is 2. The zero-order valence-corrected chi connectivity index (χ0v) is 22.5. The number of hydrogen-bond donors (Lipinski definition) is 1. The Kier molecular flexibility index (Phi) is 10.1. The molecule has 9 heteroatoms. The fraction of sp³-hybridized carbons (Fsp3) is 0.607. The standard InChI is InChI=1S/C28H42N6O3/c1-3-5-10-24-31-26-27(22-8-6-7-9-23(22)30-28(26)29)34(24)17-14-32-12-15-33(16-13-32)25(35)11-19-37-21-20-36-18-4-2/h6-9H,3-5,10-21H2,1-2H3,(H2,29,30). The smallest absolute Gasteiger partial charge is 0.224 e. The van der Waals surface area contributed by atoms with Crippen LogP contribution in [0.15, 0.2) is 24.3 Å². The molecule has 0 radical (unpaired) electrons. The first-order valence-corrected chi connectivity index (χ1v) is 13.8. The molecule has 4 rings (SSSR count). The summed E-state index contributed by atoms with van der Waals surface area (Å²) < 4.78 is 13.3. The van der Waals surface area contributed by atoms with Crippen molar-refractivity contribution in [1.29, 1.82) is 0 Å². The lowest BCUT2D eigenvalue weighted by Gasteiger charge is -2.35. The van der Waals surface area contributed by atoms with E-state index in [1.165, 1.54) is 0 Å². The van der Waals surface area contributed by atoms with E-state index in [9.17, 15) is 4.79 Å². The van der Waals surface area contributed by atoms with Crippen molar-refractivity contribution in [2.24, 2.45) is 0 Å². The van der Waals surface area contributed by atoms with Gasteiger partial charge in [-0.2, -0.15) is 0 Å². The summed E-state index contributed by atoms with van der Waals surface area (Å²) in [5.74, 6) is 1.75. The molecule has 0 aliphatic carbocycles. The van der Waals surface area contributed by atoms with Gasteiger partial charge in [0.05, 0.1) is 37.3 Å². The molecule has 1 fully saturated rings. The third-order valence-electron chi connectivity index (χ3n) is 6.99. The normalized spacial score (nSPS) is 14.7. The van der Waals surface area contributed by atoms with Gasteiger partial charge in [0.1, 0.15) is 11.3 Å².